The van der Waals surface area contributed by atoms with Gasteiger partial charge in [-0.3, -0.25) is 19.3 Å². The zero-order chi connectivity index (χ0) is 24.2. The van der Waals surface area contributed by atoms with Crippen LogP contribution >= 0.6 is 0 Å². The second kappa shape index (κ2) is 10.4. The van der Waals surface area contributed by atoms with Gasteiger partial charge in [-0.05, 0) is 62.7 Å². The first kappa shape index (κ1) is 25.5. The Kier molecular flexibility index (Phi) is 8.06. The molecule has 4 amide bonds. The van der Waals surface area contributed by atoms with E-state index in [4.69, 9.17) is 4.74 Å². The van der Waals surface area contributed by atoms with Crippen LogP contribution in [0.25, 0.3) is 0 Å². The van der Waals surface area contributed by atoms with Crippen LogP contribution in [0.5, 0.6) is 0 Å². The smallest absolute Gasteiger partial charge is 0.327 e. The molecule has 186 valence electrons. The van der Waals surface area contributed by atoms with E-state index in [1.165, 1.54) is 26.2 Å². The molecule has 2 aliphatic carbocycles. The van der Waals surface area contributed by atoms with Gasteiger partial charge in [-0.25, -0.2) is 4.79 Å². The van der Waals surface area contributed by atoms with E-state index >= 15 is 0 Å². The molecule has 8 heteroatoms. The van der Waals surface area contributed by atoms with Crippen molar-refractivity contribution in [2.75, 3.05) is 13.1 Å². The van der Waals surface area contributed by atoms with Gasteiger partial charge in [-0.15, -0.1) is 0 Å². The summed E-state index contributed by atoms with van der Waals surface area (Å²) in [5.41, 5.74) is -0.717. The van der Waals surface area contributed by atoms with Crippen molar-refractivity contribution in [3.63, 3.8) is 0 Å². The number of nitrogens with zero attached hydrogens (tertiary/aromatic N) is 1. The summed E-state index contributed by atoms with van der Waals surface area (Å²) in [6.07, 6.45) is 8.84. The molecule has 8 nitrogen and oxygen atoms in total. The Morgan fingerprint density at radius 1 is 1.15 bits per heavy atom. The minimum atomic E-state index is -0.970. The van der Waals surface area contributed by atoms with Gasteiger partial charge in [-0.1, -0.05) is 46.5 Å². The van der Waals surface area contributed by atoms with E-state index < -0.39 is 30.2 Å². The number of rotatable bonds is 8. The van der Waals surface area contributed by atoms with Gasteiger partial charge in [0.25, 0.3) is 11.8 Å². The monoisotopic (exact) mass is 463 g/mol. The third-order valence-electron chi connectivity index (χ3n) is 8.36. The average molecular weight is 464 g/mol. The van der Waals surface area contributed by atoms with Crippen molar-refractivity contribution < 1.29 is 23.9 Å². The molecule has 0 aromatic heterocycles. The van der Waals surface area contributed by atoms with Crippen molar-refractivity contribution in [3.8, 4) is 0 Å². The number of esters is 1. The lowest BCUT2D eigenvalue weighted by molar-refractivity contribution is -0.156. The molecule has 3 aliphatic rings. The fraction of sp³-hybridized carbons (Fsp3) is 0.840. The summed E-state index contributed by atoms with van der Waals surface area (Å²) in [5.74, 6) is -0.474. The third kappa shape index (κ3) is 5.87. The average Bonchev–Trinajstić information content (AvgIpc) is 3.02. The van der Waals surface area contributed by atoms with Crippen molar-refractivity contribution in [2.24, 2.45) is 17.3 Å². The maximum Gasteiger partial charge on any atom is 0.327 e. The first-order valence-corrected chi connectivity index (χ1v) is 12.7. The summed E-state index contributed by atoms with van der Waals surface area (Å²) in [6.45, 7) is 8.30. The van der Waals surface area contributed by atoms with E-state index in [0.717, 1.165) is 37.0 Å². The summed E-state index contributed by atoms with van der Waals surface area (Å²) >= 11 is 0. The molecule has 0 aromatic carbocycles. The lowest BCUT2D eigenvalue weighted by Gasteiger charge is -2.42. The van der Waals surface area contributed by atoms with Crippen LogP contribution in [0.3, 0.4) is 0 Å². The van der Waals surface area contributed by atoms with Crippen molar-refractivity contribution in [1.82, 2.24) is 15.5 Å². The molecule has 1 saturated heterocycles. The van der Waals surface area contributed by atoms with Crippen LogP contribution in [0.15, 0.2) is 0 Å². The Morgan fingerprint density at radius 2 is 1.79 bits per heavy atom. The molecule has 3 fully saturated rings. The first-order valence-electron chi connectivity index (χ1n) is 12.7. The van der Waals surface area contributed by atoms with Crippen molar-refractivity contribution >= 4 is 23.8 Å². The Labute approximate surface area is 197 Å². The summed E-state index contributed by atoms with van der Waals surface area (Å²) < 4.78 is 5.24. The van der Waals surface area contributed by atoms with Crippen molar-refractivity contribution in [2.45, 2.75) is 104 Å². The molecule has 1 unspecified atom stereocenters. The number of carbonyl (C=O) groups is 4. The molecule has 33 heavy (non-hydrogen) atoms. The van der Waals surface area contributed by atoms with E-state index in [1.807, 2.05) is 0 Å². The highest BCUT2D eigenvalue weighted by Gasteiger charge is 2.54. The maximum atomic E-state index is 13.1. The fourth-order valence-corrected chi connectivity index (χ4v) is 5.54. The van der Waals surface area contributed by atoms with Gasteiger partial charge in [0.2, 0.25) is 0 Å². The summed E-state index contributed by atoms with van der Waals surface area (Å²) in [7, 11) is 0. The van der Waals surface area contributed by atoms with Crippen molar-refractivity contribution in [3.05, 3.63) is 0 Å². The molecule has 0 bridgehead atoms. The van der Waals surface area contributed by atoms with Crippen LogP contribution < -0.4 is 10.6 Å². The molecule has 0 aromatic rings. The predicted molar refractivity (Wildman–Crippen MR) is 124 cm³/mol. The molecule has 2 saturated carbocycles. The molecule has 0 radical (unpaired) electrons. The molecular formula is C25H41N3O5. The number of urea groups is 1. The minimum Gasteiger partial charge on any atom is -0.451 e. The Balaban J connectivity index is 1.48. The fourth-order valence-electron chi connectivity index (χ4n) is 5.54. The zero-order valence-electron chi connectivity index (χ0n) is 20.7. The van der Waals surface area contributed by atoms with Gasteiger partial charge < -0.3 is 15.4 Å². The number of ether oxygens (including phenoxy) is 1. The number of carbonyl (C=O) groups excluding carboxylic acids is 4. The van der Waals surface area contributed by atoms with Crippen molar-refractivity contribution in [1.29, 1.82) is 0 Å². The Hall–Kier alpha value is -2.12. The van der Waals surface area contributed by atoms with Crippen LogP contribution in [0.2, 0.25) is 0 Å². The van der Waals surface area contributed by atoms with Gasteiger partial charge in [0.15, 0.2) is 6.10 Å². The lowest BCUT2D eigenvalue weighted by atomic mass is 9.65. The van der Waals surface area contributed by atoms with E-state index in [-0.39, 0.29) is 17.2 Å². The van der Waals surface area contributed by atoms with Gasteiger partial charge in [-0.2, -0.15) is 0 Å². The molecule has 1 heterocycles. The Morgan fingerprint density at radius 3 is 2.39 bits per heavy atom. The highest BCUT2D eigenvalue weighted by Crippen LogP contribution is 2.45. The predicted octanol–water partition coefficient (Wildman–Crippen LogP) is 3.53. The quantitative estimate of drug-likeness (QED) is 0.423. The normalized spacial score (nSPS) is 27.4. The summed E-state index contributed by atoms with van der Waals surface area (Å²) in [6, 6.07) is -0.556. The van der Waals surface area contributed by atoms with E-state index in [2.05, 4.69) is 31.4 Å². The van der Waals surface area contributed by atoms with Crippen LogP contribution in [0, 0.1) is 17.3 Å². The molecule has 1 atom stereocenters. The number of hydrogen-bond acceptors (Lipinski definition) is 5. The number of amides is 4. The van der Waals surface area contributed by atoms with E-state index in [1.54, 1.807) is 0 Å². The lowest BCUT2D eigenvalue weighted by Crippen LogP contribution is -2.51. The molecule has 1 spiro atoms. The van der Waals surface area contributed by atoms with Gasteiger partial charge >= 0.3 is 12.0 Å². The van der Waals surface area contributed by atoms with Crippen LogP contribution in [-0.2, 0) is 19.1 Å². The summed E-state index contributed by atoms with van der Waals surface area (Å²) in [4.78, 5) is 51.3. The number of imide groups is 1. The minimum absolute atomic E-state index is 0.199. The topological polar surface area (TPSA) is 105 Å². The van der Waals surface area contributed by atoms with E-state index in [0.29, 0.717) is 31.2 Å². The summed E-state index contributed by atoms with van der Waals surface area (Å²) in [5, 5.41) is 5.71. The highest BCUT2D eigenvalue weighted by atomic mass is 16.5. The van der Waals surface area contributed by atoms with Crippen LogP contribution in [-0.4, -0.2) is 53.4 Å². The van der Waals surface area contributed by atoms with Gasteiger partial charge in [0.1, 0.15) is 12.1 Å². The molecule has 3 rings (SSSR count). The standard InChI is InChI=1S/C25H41N3O5/c1-5-24(3,4)19-11-13-25(14-12-19)22(31)28(23(32)27-25)16-20(29)33-17(2)21(30)26-15-18-9-7-6-8-10-18/h17-19H,5-16H2,1-4H3,(H,26,30)(H,27,32). The largest absolute Gasteiger partial charge is 0.451 e. The first-order chi connectivity index (χ1) is 15.6. The number of hydrogen-bond donors (Lipinski definition) is 2. The second-order valence-electron chi connectivity index (χ2n) is 10.9. The number of nitrogens with one attached hydrogen (secondary N) is 2. The Bertz CT molecular complexity index is 751. The van der Waals surface area contributed by atoms with Gasteiger partial charge in [0, 0.05) is 6.54 Å². The maximum absolute atomic E-state index is 13.1. The molecular weight excluding hydrogens is 422 g/mol. The third-order valence-corrected chi connectivity index (χ3v) is 8.36. The van der Waals surface area contributed by atoms with Crippen LogP contribution in [0.1, 0.15) is 91.9 Å². The highest BCUT2D eigenvalue weighted by molar-refractivity contribution is 6.08. The zero-order valence-corrected chi connectivity index (χ0v) is 20.7. The molecule has 2 N–H and O–H groups in total. The van der Waals surface area contributed by atoms with E-state index in [9.17, 15) is 19.2 Å². The second-order valence-corrected chi connectivity index (χ2v) is 10.9. The SMILES string of the molecule is CCC(C)(C)C1CCC2(CC1)NC(=O)N(CC(=O)OC(C)C(=O)NCC1CCCCC1)C2=O. The molecule has 1 aliphatic heterocycles. The van der Waals surface area contributed by atoms with Gasteiger partial charge in [0.05, 0.1) is 0 Å². The van der Waals surface area contributed by atoms with Crippen LogP contribution in [0.4, 0.5) is 4.79 Å².